The Morgan fingerprint density at radius 3 is 2.71 bits per heavy atom. The highest BCUT2D eigenvalue weighted by atomic mass is 35.5. The van der Waals surface area contributed by atoms with E-state index in [9.17, 15) is 0 Å². The highest BCUT2D eigenvalue weighted by molar-refractivity contribution is 6.19. The predicted molar refractivity (Wildman–Crippen MR) is 71.5 cm³/mol. The lowest BCUT2D eigenvalue weighted by atomic mass is 9.98. The molecule has 0 aromatic heterocycles. The van der Waals surface area contributed by atoms with Crippen LogP contribution in [-0.2, 0) is 0 Å². The van der Waals surface area contributed by atoms with Gasteiger partial charge in [0.1, 0.15) is 5.75 Å². The van der Waals surface area contributed by atoms with Crippen LogP contribution in [0.2, 0.25) is 0 Å². The molecular formula is C15H17ClO. The molecule has 1 aliphatic rings. The molecule has 1 aromatic rings. The summed E-state index contributed by atoms with van der Waals surface area (Å²) in [6.45, 7) is 0. The maximum atomic E-state index is 6.04. The van der Waals surface area contributed by atoms with Crippen molar-refractivity contribution >= 4 is 11.6 Å². The number of halogens is 1. The number of ether oxygens (including phenoxy) is 1. The summed E-state index contributed by atoms with van der Waals surface area (Å²) in [6, 6.07) is 7.95. The summed E-state index contributed by atoms with van der Waals surface area (Å²) in [5.74, 6) is 7.18. The third-order valence-corrected chi connectivity index (χ3v) is 3.16. The molecule has 1 aromatic carbocycles. The molecule has 0 heterocycles. The van der Waals surface area contributed by atoms with Gasteiger partial charge < -0.3 is 4.74 Å². The van der Waals surface area contributed by atoms with Gasteiger partial charge in [0.05, 0.1) is 17.5 Å². The average Bonchev–Trinajstić information content (AvgIpc) is 2.39. The predicted octanol–water partition coefficient (Wildman–Crippen LogP) is 3.99. The molecule has 1 aliphatic carbocycles. The highest BCUT2D eigenvalue weighted by Crippen LogP contribution is 2.25. The van der Waals surface area contributed by atoms with Gasteiger partial charge in [-0.1, -0.05) is 30.4 Å². The van der Waals surface area contributed by atoms with Crippen molar-refractivity contribution in [3.05, 3.63) is 29.8 Å². The van der Waals surface area contributed by atoms with E-state index >= 15 is 0 Å². The zero-order chi connectivity index (χ0) is 11.9. The van der Waals surface area contributed by atoms with Gasteiger partial charge in [0.25, 0.3) is 0 Å². The van der Waals surface area contributed by atoms with Crippen LogP contribution in [0.3, 0.4) is 0 Å². The van der Waals surface area contributed by atoms with Crippen LogP contribution in [0, 0.1) is 11.8 Å². The first-order valence-electron chi connectivity index (χ1n) is 6.20. The molecule has 2 rings (SSSR count). The summed E-state index contributed by atoms with van der Waals surface area (Å²) in [7, 11) is 0. The Morgan fingerprint density at radius 2 is 1.94 bits per heavy atom. The monoisotopic (exact) mass is 248 g/mol. The third-order valence-electron chi connectivity index (χ3n) is 3.02. The Balaban J connectivity index is 2.08. The van der Waals surface area contributed by atoms with E-state index < -0.39 is 0 Å². The fourth-order valence-electron chi connectivity index (χ4n) is 2.16. The zero-order valence-electron chi connectivity index (χ0n) is 9.92. The maximum Gasteiger partial charge on any atom is 0.135 e. The van der Waals surface area contributed by atoms with Crippen molar-refractivity contribution in [2.24, 2.45) is 0 Å². The highest BCUT2D eigenvalue weighted by Gasteiger charge is 2.15. The van der Waals surface area contributed by atoms with Crippen molar-refractivity contribution in [2.75, 3.05) is 5.88 Å². The number of rotatable bonds is 2. The lowest BCUT2D eigenvalue weighted by molar-refractivity contribution is 0.154. The van der Waals surface area contributed by atoms with Gasteiger partial charge in [-0.05, 0) is 37.8 Å². The van der Waals surface area contributed by atoms with Gasteiger partial charge in [0, 0.05) is 0 Å². The normalized spacial score (nSPS) is 16.1. The molecule has 0 N–H and O–H groups in total. The van der Waals surface area contributed by atoms with Crippen LogP contribution >= 0.6 is 11.6 Å². The largest absolute Gasteiger partial charge is 0.489 e. The van der Waals surface area contributed by atoms with E-state index in [1.807, 2.05) is 24.3 Å². The lowest BCUT2D eigenvalue weighted by Crippen LogP contribution is -2.20. The lowest BCUT2D eigenvalue weighted by Gasteiger charge is -2.23. The van der Waals surface area contributed by atoms with Crippen LogP contribution < -0.4 is 4.74 Å². The molecule has 17 heavy (non-hydrogen) atoms. The van der Waals surface area contributed by atoms with Crippen molar-refractivity contribution in [3.8, 4) is 17.6 Å². The van der Waals surface area contributed by atoms with E-state index in [0.29, 0.717) is 12.0 Å². The minimum Gasteiger partial charge on any atom is -0.489 e. The molecule has 0 amide bonds. The average molecular weight is 249 g/mol. The van der Waals surface area contributed by atoms with Crippen LogP contribution in [0.1, 0.15) is 37.7 Å². The maximum absolute atomic E-state index is 6.04. The molecule has 1 nitrogen and oxygen atoms in total. The first kappa shape index (κ1) is 12.3. The molecule has 90 valence electrons. The smallest absolute Gasteiger partial charge is 0.135 e. The summed E-state index contributed by atoms with van der Waals surface area (Å²) in [6.07, 6.45) is 6.59. The van der Waals surface area contributed by atoms with Gasteiger partial charge in [0.15, 0.2) is 0 Å². The van der Waals surface area contributed by atoms with Crippen molar-refractivity contribution in [2.45, 2.75) is 38.2 Å². The minimum atomic E-state index is 0.359. The second kappa shape index (κ2) is 6.57. The topological polar surface area (TPSA) is 9.23 Å². The van der Waals surface area contributed by atoms with Crippen molar-refractivity contribution in [1.82, 2.24) is 0 Å². The molecule has 0 spiro atoms. The molecule has 1 saturated carbocycles. The van der Waals surface area contributed by atoms with Gasteiger partial charge in [-0.2, -0.15) is 0 Å². The van der Waals surface area contributed by atoms with Crippen LogP contribution in [0.4, 0.5) is 0 Å². The first-order chi connectivity index (χ1) is 8.40. The SMILES string of the molecule is ClCC#Cc1ccccc1OC1CCCCC1. The van der Waals surface area contributed by atoms with E-state index in [1.54, 1.807) is 0 Å². The number of para-hydroxylation sites is 1. The Bertz CT molecular complexity index is 410. The standard InChI is InChI=1S/C15H17ClO/c16-12-6-8-13-7-4-5-11-15(13)17-14-9-2-1-3-10-14/h4-5,7,11,14H,1-3,9-10,12H2. The molecule has 0 unspecified atom stereocenters. The fourth-order valence-corrected chi connectivity index (χ4v) is 2.23. The number of benzene rings is 1. The Kier molecular flexibility index (Phi) is 4.76. The van der Waals surface area contributed by atoms with Gasteiger partial charge in [-0.3, -0.25) is 0 Å². The van der Waals surface area contributed by atoms with Crippen molar-refractivity contribution in [1.29, 1.82) is 0 Å². The molecule has 0 radical (unpaired) electrons. The summed E-state index contributed by atoms with van der Waals surface area (Å²) in [5, 5.41) is 0. The van der Waals surface area contributed by atoms with Crippen LogP contribution in [-0.4, -0.2) is 12.0 Å². The second-order valence-electron chi connectivity index (χ2n) is 4.31. The van der Waals surface area contributed by atoms with E-state index in [0.717, 1.165) is 24.2 Å². The summed E-state index contributed by atoms with van der Waals surface area (Å²) in [5.41, 5.74) is 0.943. The summed E-state index contributed by atoms with van der Waals surface area (Å²) in [4.78, 5) is 0. The van der Waals surface area contributed by atoms with Crippen molar-refractivity contribution < 1.29 is 4.74 Å². The molecule has 2 heteroatoms. The van der Waals surface area contributed by atoms with E-state index in [4.69, 9.17) is 16.3 Å². The molecule has 1 fully saturated rings. The van der Waals surface area contributed by atoms with Gasteiger partial charge in [0.2, 0.25) is 0 Å². The number of hydrogen-bond donors (Lipinski definition) is 0. The molecule has 0 atom stereocenters. The molecule has 0 bridgehead atoms. The Morgan fingerprint density at radius 1 is 1.18 bits per heavy atom. The van der Waals surface area contributed by atoms with Crippen LogP contribution in [0.25, 0.3) is 0 Å². The molecular weight excluding hydrogens is 232 g/mol. The zero-order valence-corrected chi connectivity index (χ0v) is 10.7. The number of hydrogen-bond acceptors (Lipinski definition) is 1. The molecule has 0 aliphatic heterocycles. The Hall–Kier alpha value is -1.13. The third kappa shape index (κ3) is 3.68. The fraction of sp³-hybridized carbons (Fsp3) is 0.467. The second-order valence-corrected chi connectivity index (χ2v) is 4.58. The van der Waals surface area contributed by atoms with Crippen molar-refractivity contribution in [3.63, 3.8) is 0 Å². The summed E-state index contributed by atoms with van der Waals surface area (Å²) >= 11 is 5.58. The number of alkyl halides is 1. The molecule has 0 saturated heterocycles. The van der Waals surface area contributed by atoms with Gasteiger partial charge >= 0.3 is 0 Å². The summed E-state index contributed by atoms with van der Waals surface area (Å²) < 4.78 is 6.04. The Labute approximate surface area is 108 Å². The van der Waals surface area contributed by atoms with Gasteiger partial charge in [-0.25, -0.2) is 0 Å². The van der Waals surface area contributed by atoms with E-state index in [-0.39, 0.29) is 0 Å². The quantitative estimate of drug-likeness (QED) is 0.568. The minimum absolute atomic E-state index is 0.359. The van der Waals surface area contributed by atoms with Gasteiger partial charge in [-0.15, -0.1) is 11.6 Å². The first-order valence-corrected chi connectivity index (χ1v) is 6.74. The van der Waals surface area contributed by atoms with Crippen LogP contribution in [0.15, 0.2) is 24.3 Å². The van der Waals surface area contributed by atoms with E-state index in [2.05, 4.69) is 11.8 Å². The van der Waals surface area contributed by atoms with E-state index in [1.165, 1.54) is 19.3 Å². The van der Waals surface area contributed by atoms with Crippen LogP contribution in [0.5, 0.6) is 5.75 Å².